The van der Waals surface area contributed by atoms with Crippen LogP contribution >= 0.6 is 0 Å². The van der Waals surface area contributed by atoms with Gasteiger partial charge in [0.15, 0.2) is 0 Å². The molecular formula is C15H25N3. The summed E-state index contributed by atoms with van der Waals surface area (Å²) >= 11 is 0. The monoisotopic (exact) mass is 247 g/mol. The highest BCUT2D eigenvalue weighted by atomic mass is 15.1. The van der Waals surface area contributed by atoms with Crippen LogP contribution in [-0.4, -0.2) is 35.6 Å². The van der Waals surface area contributed by atoms with Gasteiger partial charge in [0, 0.05) is 18.3 Å². The van der Waals surface area contributed by atoms with Gasteiger partial charge in [0.05, 0.1) is 5.69 Å². The van der Waals surface area contributed by atoms with Crippen LogP contribution in [0.25, 0.3) is 0 Å². The lowest BCUT2D eigenvalue weighted by atomic mass is 10.3. The van der Waals surface area contributed by atoms with E-state index in [2.05, 4.69) is 47.2 Å². The smallest absolute Gasteiger partial charge is 0.0547 e. The predicted octanol–water partition coefficient (Wildman–Crippen LogP) is 2.35. The molecule has 0 atom stereocenters. The van der Waals surface area contributed by atoms with E-state index in [0.717, 1.165) is 37.9 Å². The van der Waals surface area contributed by atoms with Gasteiger partial charge in [-0.15, -0.1) is 0 Å². The highest BCUT2D eigenvalue weighted by Crippen LogP contribution is 2.18. The fourth-order valence-corrected chi connectivity index (χ4v) is 2.16. The molecule has 3 nitrogen and oxygen atoms in total. The first kappa shape index (κ1) is 13.5. The van der Waals surface area contributed by atoms with Crippen molar-refractivity contribution in [2.75, 3.05) is 19.6 Å². The van der Waals surface area contributed by atoms with Gasteiger partial charge in [-0.3, -0.25) is 9.88 Å². The lowest BCUT2D eigenvalue weighted by Crippen LogP contribution is -2.28. The van der Waals surface area contributed by atoms with Crippen LogP contribution in [-0.2, 0) is 6.54 Å². The Kier molecular flexibility index (Phi) is 5.14. The summed E-state index contributed by atoms with van der Waals surface area (Å²) < 4.78 is 0. The lowest BCUT2D eigenvalue weighted by Gasteiger charge is -2.20. The van der Waals surface area contributed by atoms with Crippen LogP contribution in [0.2, 0.25) is 0 Å². The molecule has 100 valence electrons. The van der Waals surface area contributed by atoms with Crippen molar-refractivity contribution in [2.45, 2.75) is 45.7 Å². The molecule has 1 fully saturated rings. The molecule has 0 saturated heterocycles. The molecule has 1 saturated carbocycles. The summed E-state index contributed by atoms with van der Waals surface area (Å²) in [6, 6.07) is 7.11. The molecule has 1 N–H and O–H groups in total. The van der Waals surface area contributed by atoms with Crippen molar-refractivity contribution in [1.82, 2.24) is 15.2 Å². The molecule has 0 aromatic carbocycles. The fourth-order valence-electron chi connectivity index (χ4n) is 2.16. The van der Waals surface area contributed by atoms with E-state index in [4.69, 9.17) is 0 Å². The molecule has 0 unspecified atom stereocenters. The first-order valence-corrected chi connectivity index (χ1v) is 7.16. The van der Waals surface area contributed by atoms with Crippen molar-refractivity contribution < 1.29 is 0 Å². The van der Waals surface area contributed by atoms with Crippen LogP contribution in [0.3, 0.4) is 0 Å². The summed E-state index contributed by atoms with van der Waals surface area (Å²) in [6.45, 7) is 8.67. The van der Waals surface area contributed by atoms with Crippen LogP contribution in [0.5, 0.6) is 0 Å². The van der Waals surface area contributed by atoms with Crippen molar-refractivity contribution in [3.05, 3.63) is 29.6 Å². The van der Waals surface area contributed by atoms with E-state index in [9.17, 15) is 0 Å². The molecular weight excluding hydrogens is 222 g/mol. The molecule has 0 bridgehead atoms. The molecule has 1 heterocycles. The second-order valence-electron chi connectivity index (χ2n) is 5.22. The van der Waals surface area contributed by atoms with Crippen LogP contribution in [0.4, 0.5) is 0 Å². The third-order valence-corrected chi connectivity index (χ3v) is 3.44. The number of hydrogen-bond acceptors (Lipinski definition) is 3. The van der Waals surface area contributed by atoms with Crippen molar-refractivity contribution in [2.24, 2.45) is 0 Å². The van der Waals surface area contributed by atoms with Crippen molar-refractivity contribution in [3.8, 4) is 0 Å². The summed E-state index contributed by atoms with van der Waals surface area (Å²) in [6.07, 6.45) is 3.99. The highest BCUT2D eigenvalue weighted by Gasteiger charge is 2.19. The van der Waals surface area contributed by atoms with Crippen LogP contribution in [0.1, 0.15) is 37.6 Å². The number of hydrogen-bond donors (Lipinski definition) is 1. The van der Waals surface area contributed by atoms with Gasteiger partial charge in [0.25, 0.3) is 0 Å². The lowest BCUT2D eigenvalue weighted by molar-refractivity contribution is 0.271. The maximum Gasteiger partial charge on any atom is 0.0547 e. The molecule has 1 aromatic rings. The second kappa shape index (κ2) is 6.86. The van der Waals surface area contributed by atoms with Gasteiger partial charge in [-0.25, -0.2) is 0 Å². The second-order valence-corrected chi connectivity index (χ2v) is 5.22. The third kappa shape index (κ3) is 4.75. The minimum atomic E-state index is 0.832. The fraction of sp³-hybridized carbons (Fsp3) is 0.667. The first-order valence-electron chi connectivity index (χ1n) is 7.16. The highest BCUT2D eigenvalue weighted by molar-refractivity contribution is 5.09. The standard InChI is InChI=1S/C15H25N3/c1-3-18(11-5-10-16-14-8-9-14)12-15-7-4-6-13(2)17-15/h4,6-7,14,16H,3,5,8-12H2,1-2H3. The van der Waals surface area contributed by atoms with Crippen molar-refractivity contribution in [3.63, 3.8) is 0 Å². The Morgan fingerprint density at radius 3 is 2.89 bits per heavy atom. The summed E-state index contributed by atoms with van der Waals surface area (Å²) in [5.74, 6) is 0. The minimum absolute atomic E-state index is 0.832. The number of nitrogens with one attached hydrogen (secondary N) is 1. The Hall–Kier alpha value is -0.930. The van der Waals surface area contributed by atoms with Crippen LogP contribution in [0.15, 0.2) is 18.2 Å². The average Bonchev–Trinajstić information content (AvgIpc) is 3.17. The van der Waals surface area contributed by atoms with Gasteiger partial charge >= 0.3 is 0 Å². The van der Waals surface area contributed by atoms with Gasteiger partial charge in [-0.05, 0) is 58.0 Å². The average molecular weight is 247 g/mol. The maximum atomic E-state index is 4.57. The molecule has 3 heteroatoms. The number of aryl methyl sites for hydroxylation is 1. The van der Waals surface area contributed by atoms with Gasteiger partial charge in [-0.2, -0.15) is 0 Å². The molecule has 0 radical (unpaired) electrons. The topological polar surface area (TPSA) is 28.2 Å². The Morgan fingerprint density at radius 2 is 2.22 bits per heavy atom. The molecule has 1 aliphatic carbocycles. The Bertz CT molecular complexity index is 361. The van der Waals surface area contributed by atoms with Crippen molar-refractivity contribution >= 4 is 0 Å². The molecule has 18 heavy (non-hydrogen) atoms. The maximum absolute atomic E-state index is 4.57. The number of pyridine rings is 1. The van der Waals surface area contributed by atoms with E-state index in [1.54, 1.807) is 0 Å². The van der Waals surface area contributed by atoms with Gasteiger partial charge in [0.1, 0.15) is 0 Å². The first-order chi connectivity index (χ1) is 8.78. The Morgan fingerprint density at radius 1 is 1.39 bits per heavy atom. The van der Waals surface area contributed by atoms with Gasteiger partial charge < -0.3 is 5.32 Å². The summed E-state index contributed by atoms with van der Waals surface area (Å²) in [4.78, 5) is 7.04. The Labute approximate surface area is 111 Å². The summed E-state index contributed by atoms with van der Waals surface area (Å²) in [5.41, 5.74) is 2.30. The normalized spacial score (nSPS) is 15.3. The Balaban J connectivity index is 1.70. The van der Waals surface area contributed by atoms with E-state index < -0.39 is 0 Å². The van der Waals surface area contributed by atoms with E-state index in [0.29, 0.717) is 0 Å². The molecule has 1 aliphatic rings. The molecule has 0 amide bonds. The summed E-state index contributed by atoms with van der Waals surface area (Å²) in [5, 5.41) is 3.57. The van der Waals surface area contributed by atoms with E-state index >= 15 is 0 Å². The molecule has 0 spiro atoms. The zero-order chi connectivity index (χ0) is 12.8. The predicted molar refractivity (Wildman–Crippen MR) is 75.6 cm³/mol. The third-order valence-electron chi connectivity index (χ3n) is 3.44. The number of nitrogens with zero attached hydrogens (tertiary/aromatic N) is 2. The quantitative estimate of drug-likeness (QED) is 0.715. The minimum Gasteiger partial charge on any atom is -0.314 e. The van der Waals surface area contributed by atoms with E-state index in [1.165, 1.54) is 25.0 Å². The van der Waals surface area contributed by atoms with Crippen LogP contribution < -0.4 is 5.32 Å². The van der Waals surface area contributed by atoms with E-state index in [1.807, 2.05) is 0 Å². The number of aromatic nitrogens is 1. The molecule has 2 rings (SSSR count). The zero-order valence-corrected chi connectivity index (χ0v) is 11.7. The molecule has 0 aliphatic heterocycles. The largest absolute Gasteiger partial charge is 0.314 e. The number of rotatable bonds is 8. The summed E-state index contributed by atoms with van der Waals surface area (Å²) in [7, 11) is 0. The zero-order valence-electron chi connectivity index (χ0n) is 11.7. The molecule has 1 aromatic heterocycles. The van der Waals surface area contributed by atoms with E-state index in [-0.39, 0.29) is 0 Å². The SMILES string of the molecule is CCN(CCCNC1CC1)Cc1cccc(C)n1. The van der Waals surface area contributed by atoms with Crippen molar-refractivity contribution in [1.29, 1.82) is 0 Å². The van der Waals surface area contributed by atoms with Crippen LogP contribution in [0, 0.1) is 6.92 Å². The van der Waals surface area contributed by atoms with Gasteiger partial charge in [0.2, 0.25) is 0 Å². The van der Waals surface area contributed by atoms with Gasteiger partial charge in [-0.1, -0.05) is 13.0 Å².